The van der Waals surface area contributed by atoms with E-state index in [9.17, 15) is 4.79 Å². The van der Waals surface area contributed by atoms with Crippen LogP contribution in [0.2, 0.25) is 10.0 Å². The molecule has 0 aliphatic rings. The zero-order valence-electron chi connectivity index (χ0n) is 8.31. The van der Waals surface area contributed by atoms with Crippen LogP contribution >= 0.6 is 23.2 Å². The summed E-state index contributed by atoms with van der Waals surface area (Å²) in [6, 6.07) is 5.37. The van der Waals surface area contributed by atoms with Crippen molar-refractivity contribution in [2.45, 2.75) is 12.8 Å². The van der Waals surface area contributed by atoms with Crippen LogP contribution < -0.4 is 10.9 Å². The molecule has 0 aliphatic heterocycles. The molecule has 3 nitrogen and oxygen atoms in total. The van der Waals surface area contributed by atoms with Crippen molar-refractivity contribution in [2.24, 2.45) is 0 Å². The van der Waals surface area contributed by atoms with Crippen LogP contribution in [0.25, 0.3) is 0 Å². The zero-order chi connectivity index (χ0) is 11.3. The average Bonchev–Trinajstić information content (AvgIpc) is 2.20. The molecule has 0 atom stereocenters. The Bertz CT molecular complexity index is 355. The van der Waals surface area contributed by atoms with E-state index in [2.05, 4.69) is 10.9 Å². The van der Waals surface area contributed by atoms with Gasteiger partial charge in [-0.2, -0.15) is 0 Å². The molecule has 0 heterocycles. The molecule has 1 amide bonds. The number of hydrogen-bond donors (Lipinski definition) is 2. The highest BCUT2D eigenvalue weighted by Gasteiger charge is 2.03. The predicted octanol–water partition coefficient (Wildman–Crippen LogP) is 2.18. The molecule has 0 unspecified atom stereocenters. The molecule has 1 rings (SSSR count). The van der Waals surface area contributed by atoms with Gasteiger partial charge in [-0.15, -0.1) is 0 Å². The minimum absolute atomic E-state index is 0.0522. The van der Waals surface area contributed by atoms with Crippen LogP contribution in [0.5, 0.6) is 0 Å². The Morgan fingerprint density at radius 2 is 2.07 bits per heavy atom. The smallest absolute Gasteiger partial charge is 0.234 e. The Morgan fingerprint density at radius 3 is 2.67 bits per heavy atom. The lowest BCUT2D eigenvalue weighted by Gasteiger charge is -2.04. The van der Waals surface area contributed by atoms with Crippen LogP contribution in [0.15, 0.2) is 18.2 Å². The van der Waals surface area contributed by atoms with Gasteiger partial charge in [-0.1, -0.05) is 29.3 Å². The Hall–Kier alpha value is -0.770. The van der Waals surface area contributed by atoms with E-state index in [1.54, 1.807) is 19.2 Å². The van der Waals surface area contributed by atoms with Crippen molar-refractivity contribution >= 4 is 29.1 Å². The average molecular weight is 247 g/mol. The maximum absolute atomic E-state index is 11.1. The maximum Gasteiger partial charge on any atom is 0.234 e. The van der Waals surface area contributed by atoms with Gasteiger partial charge in [0.1, 0.15) is 0 Å². The summed E-state index contributed by atoms with van der Waals surface area (Å²) in [6.07, 6.45) is 1.06. The SMILES string of the molecule is CNNC(=O)CCc1ccc(Cl)c(Cl)c1. The summed E-state index contributed by atoms with van der Waals surface area (Å²) >= 11 is 11.6. The molecule has 0 fully saturated rings. The van der Waals surface area contributed by atoms with Gasteiger partial charge in [-0.3, -0.25) is 10.2 Å². The highest BCUT2D eigenvalue weighted by Crippen LogP contribution is 2.22. The maximum atomic E-state index is 11.1. The van der Waals surface area contributed by atoms with Gasteiger partial charge in [0.25, 0.3) is 0 Å². The van der Waals surface area contributed by atoms with E-state index in [1.807, 2.05) is 6.07 Å². The van der Waals surface area contributed by atoms with E-state index in [1.165, 1.54) is 0 Å². The zero-order valence-corrected chi connectivity index (χ0v) is 9.82. The predicted molar refractivity (Wildman–Crippen MR) is 62.0 cm³/mol. The molecule has 5 heteroatoms. The number of hydrazine groups is 1. The first-order valence-electron chi connectivity index (χ1n) is 4.53. The number of aryl methyl sites for hydroxylation is 1. The molecule has 0 radical (unpaired) electrons. The number of carbonyl (C=O) groups is 1. The third kappa shape index (κ3) is 4.08. The first-order valence-corrected chi connectivity index (χ1v) is 5.28. The molecule has 2 N–H and O–H groups in total. The highest BCUT2D eigenvalue weighted by molar-refractivity contribution is 6.42. The number of amides is 1. The lowest BCUT2D eigenvalue weighted by atomic mass is 10.1. The standard InChI is InChI=1S/C10H12Cl2N2O/c1-13-14-10(15)5-3-7-2-4-8(11)9(12)6-7/h2,4,6,13H,3,5H2,1H3,(H,14,15). The fourth-order valence-corrected chi connectivity index (χ4v) is 1.48. The first-order chi connectivity index (χ1) is 7.13. The van der Waals surface area contributed by atoms with Crippen LogP contribution in [-0.4, -0.2) is 13.0 Å². The number of benzene rings is 1. The van der Waals surface area contributed by atoms with E-state index in [-0.39, 0.29) is 5.91 Å². The second-order valence-electron chi connectivity index (χ2n) is 3.05. The van der Waals surface area contributed by atoms with Gasteiger partial charge in [0.2, 0.25) is 5.91 Å². The molecule has 0 aromatic heterocycles. The van der Waals surface area contributed by atoms with Gasteiger partial charge in [-0.25, -0.2) is 5.43 Å². The minimum Gasteiger partial charge on any atom is -0.292 e. The normalized spacial score (nSPS) is 10.1. The lowest BCUT2D eigenvalue weighted by Crippen LogP contribution is -2.34. The summed E-state index contributed by atoms with van der Waals surface area (Å²) in [7, 11) is 1.65. The van der Waals surface area contributed by atoms with Crippen LogP contribution in [0.3, 0.4) is 0 Å². The van der Waals surface area contributed by atoms with Crippen molar-refractivity contribution in [3.05, 3.63) is 33.8 Å². The lowest BCUT2D eigenvalue weighted by molar-refractivity contribution is -0.121. The Labute approximate surface area is 98.7 Å². The Morgan fingerprint density at radius 1 is 1.33 bits per heavy atom. The van der Waals surface area contributed by atoms with E-state index in [4.69, 9.17) is 23.2 Å². The van der Waals surface area contributed by atoms with Crippen LogP contribution in [0.4, 0.5) is 0 Å². The molecule has 1 aromatic rings. The summed E-state index contributed by atoms with van der Waals surface area (Å²) in [5.74, 6) is -0.0522. The third-order valence-electron chi connectivity index (χ3n) is 1.89. The fraction of sp³-hybridized carbons (Fsp3) is 0.300. The van der Waals surface area contributed by atoms with E-state index >= 15 is 0 Å². The van der Waals surface area contributed by atoms with E-state index in [0.717, 1.165) is 5.56 Å². The van der Waals surface area contributed by atoms with Crippen molar-refractivity contribution < 1.29 is 4.79 Å². The second kappa shape index (κ2) is 5.95. The first kappa shape index (κ1) is 12.3. The summed E-state index contributed by atoms with van der Waals surface area (Å²) in [6.45, 7) is 0. The Balaban J connectivity index is 2.51. The van der Waals surface area contributed by atoms with Crippen molar-refractivity contribution in [3.63, 3.8) is 0 Å². The quantitative estimate of drug-likeness (QED) is 0.800. The highest BCUT2D eigenvalue weighted by atomic mass is 35.5. The van der Waals surface area contributed by atoms with E-state index in [0.29, 0.717) is 22.9 Å². The van der Waals surface area contributed by atoms with E-state index < -0.39 is 0 Å². The van der Waals surface area contributed by atoms with Crippen molar-refractivity contribution in [2.75, 3.05) is 7.05 Å². The number of carbonyl (C=O) groups excluding carboxylic acids is 1. The van der Waals surface area contributed by atoms with Crippen molar-refractivity contribution in [1.29, 1.82) is 0 Å². The van der Waals surface area contributed by atoms with Gasteiger partial charge < -0.3 is 0 Å². The molecule has 0 bridgehead atoms. The monoisotopic (exact) mass is 246 g/mol. The molecule has 15 heavy (non-hydrogen) atoms. The van der Waals surface area contributed by atoms with Gasteiger partial charge in [-0.05, 0) is 24.1 Å². The second-order valence-corrected chi connectivity index (χ2v) is 3.86. The number of rotatable bonds is 4. The summed E-state index contributed by atoms with van der Waals surface area (Å²) < 4.78 is 0. The number of halogens is 2. The fourth-order valence-electron chi connectivity index (χ4n) is 1.15. The molecule has 0 saturated heterocycles. The molecule has 0 saturated carbocycles. The summed E-state index contributed by atoms with van der Waals surface area (Å²) in [4.78, 5) is 11.1. The molecular formula is C10H12Cl2N2O. The third-order valence-corrected chi connectivity index (χ3v) is 2.63. The molecule has 1 aromatic carbocycles. The molecule has 0 aliphatic carbocycles. The summed E-state index contributed by atoms with van der Waals surface area (Å²) in [5, 5.41) is 1.04. The van der Waals surface area contributed by atoms with Gasteiger partial charge >= 0.3 is 0 Å². The van der Waals surface area contributed by atoms with Gasteiger partial charge in [0, 0.05) is 13.5 Å². The number of hydrogen-bond acceptors (Lipinski definition) is 2. The molecule has 82 valence electrons. The topological polar surface area (TPSA) is 41.1 Å². The van der Waals surface area contributed by atoms with Crippen LogP contribution in [0, 0.1) is 0 Å². The minimum atomic E-state index is -0.0522. The summed E-state index contributed by atoms with van der Waals surface area (Å²) in [5.41, 5.74) is 6.07. The molecular weight excluding hydrogens is 235 g/mol. The van der Waals surface area contributed by atoms with Gasteiger partial charge in [0.05, 0.1) is 10.0 Å². The molecule has 0 spiro atoms. The van der Waals surface area contributed by atoms with Crippen molar-refractivity contribution in [1.82, 2.24) is 10.9 Å². The largest absolute Gasteiger partial charge is 0.292 e. The van der Waals surface area contributed by atoms with Crippen molar-refractivity contribution in [3.8, 4) is 0 Å². The van der Waals surface area contributed by atoms with Crippen LogP contribution in [-0.2, 0) is 11.2 Å². The Kier molecular flexibility index (Phi) is 4.88. The number of nitrogens with one attached hydrogen (secondary N) is 2. The van der Waals surface area contributed by atoms with Gasteiger partial charge in [0.15, 0.2) is 0 Å². The van der Waals surface area contributed by atoms with Crippen LogP contribution in [0.1, 0.15) is 12.0 Å².